The van der Waals surface area contributed by atoms with Gasteiger partial charge < -0.3 is 42.0 Å². The molecule has 9 N–H and O–H groups in total. The Morgan fingerprint density at radius 1 is 0.821 bits per heavy atom. The van der Waals surface area contributed by atoms with Crippen LogP contribution < -0.4 is 21.7 Å². The van der Waals surface area contributed by atoms with Crippen molar-refractivity contribution in [2.24, 2.45) is 5.73 Å². The van der Waals surface area contributed by atoms with E-state index in [2.05, 4.69) is 25.9 Å². The van der Waals surface area contributed by atoms with Crippen LogP contribution in [-0.2, 0) is 38.4 Å². The quantitative estimate of drug-likeness (QED) is 0.138. The summed E-state index contributed by atoms with van der Waals surface area (Å²) < 4.78 is 0. The lowest BCUT2D eigenvalue weighted by Crippen LogP contribution is -2.54. The van der Waals surface area contributed by atoms with Crippen LogP contribution in [0, 0.1) is 0 Å². The number of nitrogens with zero attached hydrogens (tertiary/aromatic N) is 1. The highest BCUT2D eigenvalue weighted by Gasteiger charge is 2.26. The second kappa shape index (κ2) is 13.6. The number of carboxylic acid groups (broad SMARTS) is 1. The van der Waals surface area contributed by atoms with Crippen molar-refractivity contribution < 1.29 is 34.5 Å². The smallest absolute Gasteiger partial charge is 0.326 e. The summed E-state index contributed by atoms with van der Waals surface area (Å²) in [5.41, 5.74) is 7.82. The first-order valence-electron chi connectivity index (χ1n) is 12.0. The van der Waals surface area contributed by atoms with Crippen LogP contribution in [0.15, 0.2) is 61.1 Å². The van der Waals surface area contributed by atoms with E-state index in [0.717, 1.165) is 0 Å². The van der Waals surface area contributed by atoms with Crippen LogP contribution in [0.2, 0.25) is 0 Å². The van der Waals surface area contributed by atoms with E-state index < -0.39 is 48.4 Å². The summed E-state index contributed by atoms with van der Waals surface area (Å²) in [6.07, 6.45) is 3.13. The molecule has 0 spiro atoms. The largest absolute Gasteiger partial charge is 0.508 e. The SMILES string of the molecule is NC(Cc1cnc[nH]1)C(=O)NC(Cc1ccc(O)cc1)C(=O)NCC(=O)NC(Cc1ccc(O)cc1)C(=O)O. The summed E-state index contributed by atoms with van der Waals surface area (Å²) in [6.45, 7) is -0.541. The van der Waals surface area contributed by atoms with E-state index in [0.29, 0.717) is 16.8 Å². The molecule has 3 unspecified atom stereocenters. The first-order chi connectivity index (χ1) is 18.6. The second-order valence-electron chi connectivity index (χ2n) is 8.87. The molecule has 3 aromatic rings. The molecule has 0 aliphatic rings. The van der Waals surface area contributed by atoms with E-state index in [1.807, 2.05) is 0 Å². The molecule has 3 rings (SSSR count). The molecule has 0 saturated carbocycles. The van der Waals surface area contributed by atoms with Crippen molar-refractivity contribution in [2.45, 2.75) is 37.4 Å². The maximum Gasteiger partial charge on any atom is 0.326 e. The molecule has 206 valence electrons. The van der Waals surface area contributed by atoms with Gasteiger partial charge in [0.05, 0.1) is 18.9 Å². The Morgan fingerprint density at radius 2 is 1.38 bits per heavy atom. The summed E-state index contributed by atoms with van der Waals surface area (Å²) in [5.74, 6) is -3.26. The van der Waals surface area contributed by atoms with Crippen LogP contribution in [0.25, 0.3) is 0 Å². The molecule has 3 atom stereocenters. The molecule has 3 amide bonds. The number of imidazole rings is 1. The number of hydrogen-bond acceptors (Lipinski definition) is 8. The highest BCUT2D eigenvalue weighted by atomic mass is 16.4. The Bertz CT molecular complexity index is 1260. The zero-order valence-corrected chi connectivity index (χ0v) is 20.8. The Balaban J connectivity index is 1.61. The van der Waals surface area contributed by atoms with Gasteiger partial charge in [-0.15, -0.1) is 0 Å². The second-order valence-corrected chi connectivity index (χ2v) is 8.87. The molecule has 13 nitrogen and oxygen atoms in total. The Morgan fingerprint density at radius 3 is 1.90 bits per heavy atom. The van der Waals surface area contributed by atoms with Crippen molar-refractivity contribution in [3.05, 3.63) is 77.9 Å². The van der Waals surface area contributed by atoms with Gasteiger partial charge in [0.2, 0.25) is 17.7 Å². The predicted octanol–water partition coefficient (Wildman–Crippen LogP) is -0.653. The lowest BCUT2D eigenvalue weighted by Gasteiger charge is -2.21. The normalized spacial score (nSPS) is 13.1. The minimum absolute atomic E-state index is 0.0218. The summed E-state index contributed by atoms with van der Waals surface area (Å²) >= 11 is 0. The number of nitrogens with one attached hydrogen (secondary N) is 4. The fourth-order valence-corrected chi connectivity index (χ4v) is 3.69. The number of benzene rings is 2. The van der Waals surface area contributed by atoms with Crippen molar-refractivity contribution in [1.82, 2.24) is 25.9 Å². The van der Waals surface area contributed by atoms with E-state index in [1.165, 1.54) is 48.9 Å². The number of nitrogens with two attached hydrogens (primary N) is 1. The third-order valence-electron chi connectivity index (χ3n) is 5.77. The highest BCUT2D eigenvalue weighted by molar-refractivity contribution is 5.92. The van der Waals surface area contributed by atoms with Crippen molar-refractivity contribution in [3.63, 3.8) is 0 Å². The van der Waals surface area contributed by atoms with Crippen molar-refractivity contribution in [1.29, 1.82) is 0 Å². The third-order valence-corrected chi connectivity index (χ3v) is 5.77. The minimum Gasteiger partial charge on any atom is -0.508 e. The molecule has 1 heterocycles. The monoisotopic (exact) mass is 538 g/mol. The summed E-state index contributed by atoms with van der Waals surface area (Å²) in [6, 6.07) is 8.54. The number of carboxylic acids is 1. The standard InChI is InChI=1S/C26H30N6O7/c27-20(11-17-12-28-14-30-17)24(36)32-21(9-15-1-5-18(33)6-2-15)25(37)29-13-23(35)31-22(26(38)39)10-16-3-7-19(34)8-4-16/h1-8,12,14,20-22,33-34H,9-11,13,27H2,(H,28,30)(H,29,37)(H,31,35)(H,32,36)(H,38,39). The maximum absolute atomic E-state index is 13.0. The zero-order chi connectivity index (χ0) is 28.4. The molecule has 0 radical (unpaired) electrons. The van der Waals surface area contributed by atoms with E-state index in [1.54, 1.807) is 12.1 Å². The number of phenolic OH excluding ortho intramolecular Hbond substituents is 2. The zero-order valence-electron chi connectivity index (χ0n) is 20.8. The topological polar surface area (TPSA) is 220 Å². The van der Waals surface area contributed by atoms with Gasteiger partial charge in [-0.05, 0) is 35.4 Å². The fourth-order valence-electron chi connectivity index (χ4n) is 3.69. The van der Waals surface area contributed by atoms with Gasteiger partial charge in [-0.3, -0.25) is 14.4 Å². The van der Waals surface area contributed by atoms with Crippen LogP contribution in [0.5, 0.6) is 11.5 Å². The van der Waals surface area contributed by atoms with Crippen LogP contribution in [0.3, 0.4) is 0 Å². The van der Waals surface area contributed by atoms with Crippen LogP contribution >= 0.6 is 0 Å². The van der Waals surface area contributed by atoms with Crippen molar-refractivity contribution in [3.8, 4) is 11.5 Å². The lowest BCUT2D eigenvalue weighted by atomic mass is 10.0. The number of aromatic amines is 1. The fraction of sp³-hybridized carbons (Fsp3) is 0.269. The van der Waals surface area contributed by atoms with Gasteiger partial charge in [0, 0.05) is 31.2 Å². The summed E-state index contributed by atoms with van der Waals surface area (Å²) in [7, 11) is 0. The van der Waals surface area contributed by atoms with Gasteiger partial charge in [0.1, 0.15) is 23.6 Å². The number of aromatic nitrogens is 2. The van der Waals surface area contributed by atoms with Gasteiger partial charge in [0.25, 0.3) is 0 Å². The highest BCUT2D eigenvalue weighted by Crippen LogP contribution is 2.13. The number of carbonyl (C=O) groups is 4. The lowest BCUT2D eigenvalue weighted by molar-refractivity contribution is -0.141. The Hall–Kier alpha value is -4.91. The predicted molar refractivity (Wildman–Crippen MR) is 138 cm³/mol. The molecule has 2 aromatic carbocycles. The summed E-state index contributed by atoms with van der Waals surface area (Å²) in [4.78, 5) is 56.5. The molecule has 0 saturated heterocycles. The van der Waals surface area contributed by atoms with Gasteiger partial charge in [0.15, 0.2) is 0 Å². The van der Waals surface area contributed by atoms with Crippen LogP contribution in [0.4, 0.5) is 0 Å². The van der Waals surface area contributed by atoms with E-state index in [4.69, 9.17) is 5.73 Å². The third kappa shape index (κ3) is 9.16. The number of phenols is 2. The van der Waals surface area contributed by atoms with Gasteiger partial charge in [-0.25, -0.2) is 9.78 Å². The molecule has 0 fully saturated rings. The number of rotatable bonds is 13. The number of aromatic hydroxyl groups is 2. The Labute approximate surface area is 223 Å². The minimum atomic E-state index is -1.27. The molecular formula is C26H30N6O7. The summed E-state index contributed by atoms with van der Waals surface area (Å²) in [5, 5.41) is 35.8. The number of H-pyrrole nitrogens is 1. The molecule has 39 heavy (non-hydrogen) atoms. The van der Waals surface area contributed by atoms with Gasteiger partial charge >= 0.3 is 5.97 Å². The Kier molecular flexibility index (Phi) is 9.98. The van der Waals surface area contributed by atoms with Crippen molar-refractivity contribution >= 4 is 23.7 Å². The molecule has 0 aliphatic carbocycles. The number of amides is 3. The van der Waals surface area contributed by atoms with E-state index >= 15 is 0 Å². The average molecular weight is 539 g/mol. The van der Waals surface area contributed by atoms with Gasteiger partial charge in [-0.2, -0.15) is 0 Å². The molecule has 1 aromatic heterocycles. The maximum atomic E-state index is 13.0. The first kappa shape index (κ1) is 28.7. The van der Waals surface area contributed by atoms with Gasteiger partial charge in [-0.1, -0.05) is 24.3 Å². The molecule has 0 bridgehead atoms. The number of hydrogen-bond donors (Lipinski definition) is 8. The van der Waals surface area contributed by atoms with E-state index in [-0.39, 0.29) is 30.8 Å². The molecule has 13 heteroatoms. The average Bonchev–Trinajstić information content (AvgIpc) is 3.42. The number of aliphatic carboxylic acids is 1. The number of carbonyl (C=O) groups excluding carboxylic acids is 3. The molecular weight excluding hydrogens is 508 g/mol. The van der Waals surface area contributed by atoms with E-state index in [9.17, 15) is 34.5 Å². The van der Waals surface area contributed by atoms with Crippen LogP contribution in [-0.4, -0.2) is 73.6 Å². The van der Waals surface area contributed by atoms with Crippen LogP contribution in [0.1, 0.15) is 16.8 Å². The van der Waals surface area contributed by atoms with Crippen molar-refractivity contribution in [2.75, 3.05) is 6.54 Å². The first-order valence-corrected chi connectivity index (χ1v) is 12.0. The molecule has 0 aliphatic heterocycles.